The lowest BCUT2D eigenvalue weighted by Crippen LogP contribution is -2.08. The summed E-state index contributed by atoms with van der Waals surface area (Å²) in [5, 5.41) is 3.36. The van der Waals surface area contributed by atoms with E-state index in [1.165, 1.54) is 4.90 Å². The molecule has 1 aromatic carbocycles. The van der Waals surface area contributed by atoms with Crippen LogP contribution in [-0.2, 0) is 9.53 Å². The lowest BCUT2D eigenvalue weighted by molar-refractivity contribution is -0.114. The number of oxazole rings is 1. The Balaban J connectivity index is 2.17. The third kappa shape index (κ3) is 5.13. The summed E-state index contributed by atoms with van der Waals surface area (Å²) in [6.07, 6.45) is 5.43. The standard InChI is InChI=1S/C21H28N4O3S/c1-5-29-24-17-9-18(16(8-14(2)27-4)12-25(3)13-26)20-19(10-17)23-21(28-20)15-6-7-22-11-15/h8-10,12-13,15,22,24H,5-7,11H2,1-4H3/b14-8+,16-12+. The molecule has 156 valence electrons. The van der Waals surface area contributed by atoms with Crippen molar-refractivity contribution in [2.45, 2.75) is 26.2 Å². The molecule has 1 saturated heterocycles. The first-order valence-electron chi connectivity index (χ1n) is 9.70. The molecule has 7 nitrogen and oxygen atoms in total. The van der Waals surface area contributed by atoms with E-state index in [4.69, 9.17) is 14.1 Å². The van der Waals surface area contributed by atoms with Gasteiger partial charge in [0.05, 0.1) is 12.9 Å². The van der Waals surface area contributed by atoms with Gasteiger partial charge in [0.15, 0.2) is 11.5 Å². The van der Waals surface area contributed by atoms with Crippen molar-refractivity contribution in [3.63, 3.8) is 0 Å². The van der Waals surface area contributed by atoms with E-state index in [1.54, 1.807) is 32.3 Å². The monoisotopic (exact) mass is 416 g/mol. The Morgan fingerprint density at radius 3 is 3.00 bits per heavy atom. The van der Waals surface area contributed by atoms with Crippen molar-refractivity contribution in [1.82, 2.24) is 15.2 Å². The van der Waals surface area contributed by atoms with Gasteiger partial charge in [0, 0.05) is 48.3 Å². The molecule has 1 unspecified atom stereocenters. The van der Waals surface area contributed by atoms with E-state index in [9.17, 15) is 4.79 Å². The first kappa shape index (κ1) is 21.3. The topological polar surface area (TPSA) is 79.6 Å². The molecule has 2 aromatic rings. The van der Waals surface area contributed by atoms with Crippen LogP contribution in [0, 0.1) is 0 Å². The van der Waals surface area contributed by atoms with Crippen LogP contribution in [0.25, 0.3) is 16.7 Å². The Morgan fingerprint density at radius 1 is 1.52 bits per heavy atom. The highest BCUT2D eigenvalue weighted by atomic mass is 32.2. The highest BCUT2D eigenvalue weighted by molar-refractivity contribution is 8.00. The van der Waals surface area contributed by atoms with Crippen molar-refractivity contribution >= 4 is 40.7 Å². The quantitative estimate of drug-likeness (QED) is 0.277. The molecular weight excluding hydrogens is 388 g/mol. The second kappa shape index (κ2) is 9.84. The third-order valence-electron chi connectivity index (χ3n) is 4.75. The van der Waals surface area contributed by atoms with Gasteiger partial charge in [-0.25, -0.2) is 4.98 Å². The number of nitrogens with one attached hydrogen (secondary N) is 2. The van der Waals surface area contributed by atoms with E-state index in [1.807, 2.05) is 25.1 Å². The minimum atomic E-state index is 0.276. The van der Waals surface area contributed by atoms with Gasteiger partial charge in [0.25, 0.3) is 0 Å². The van der Waals surface area contributed by atoms with Gasteiger partial charge in [0.1, 0.15) is 5.52 Å². The summed E-state index contributed by atoms with van der Waals surface area (Å²) in [6, 6.07) is 4.03. The molecular formula is C21H28N4O3S. The van der Waals surface area contributed by atoms with Crippen LogP contribution in [0.2, 0.25) is 0 Å². The molecule has 2 heterocycles. The fourth-order valence-corrected chi connectivity index (χ4v) is 3.66. The number of carbonyl (C=O) groups excluding carboxylic acids is 1. The van der Waals surface area contributed by atoms with Gasteiger partial charge in [0.2, 0.25) is 6.41 Å². The number of anilines is 1. The zero-order valence-electron chi connectivity index (χ0n) is 17.3. The summed E-state index contributed by atoms with van der Waals surface area (Å²) >= 11 is 1.61. The predicted octanol–water partition coefficient (Wildman–Crippen LogP) is 3.96. The van der Waals surface area contributed by atoms with Crippen molar-refractivity contribution in [2.75, 3.05) is 37.7 Å². The molecule has 3 rings (SSSR count). The molecule has 0 aliphatic carbocycles. The zero-order valence-corrected chi connectivity index (χ0v) is 18.1. The third-order valence-corrected chi connectivity index (χ3v) is 5.42. The van der Waals surface area contributed by atoms with E-state index in [0.29, 0.717) is 5.58 Å². The van der Waals surface area contributed by atoms with Crippen molar-refractivity contribution in [3.8, 4) is 0 Å². The first-order chi connectivity index (χ1) is 14.0. The molecule has 29 heavy (non-hydrogen) atoms. The van der Waals surface area contributed by atoms with Gasteiger partial charge in [-0.05, 0) is 38.1 Å². The minimum absolute atomic E-state index is 0.276. The molecule has 0 radical (unpaired) electrons. The van der Waals surface area contributed by atoms with E-state index < -0.39 is 0 Å². The minimum Gasteiger partial charge on any atom is -0.501 e. The fraction of sp³-hybridized carbons (Fsp3) is 0.429. The summed E-state index contributed by atoms with van der Waals surface area (Å²) < 4.78 is 15.0. The molecule has 0 spiro atoms. The number of methoxy groups -OCH3 is 1. The Bertz CT molecular complexity index is 916. The Morgan fingerprint density at radius 2 is 2.34 bits per heavy atom. The number of carbonyl (C=O) groups is 1. The van der Waals surface area contributed by atoms with Crippen LogP contribution in [0.5, 0.6) is 0 Å². The zero-order chi connectivity index (χ0) is 20.8. The fourth-order valence-electron chi connectivity index (χ4n) is 3.23. The van der Waals surface area contributed by atoms with Crippen molar-refractivity contribution < 1.29 is 13.9 Å². The number of fused-ring (bicyclic) bond motifs is 1. The molecule has 2 N–H and O–H groups in total. The SMILES string of the molecule is CCSNc1cc(C(/C=C(\C)OC)=C/N(C)C=O)c2oc(C3CCNC3)nc2c1. The number of nitrogens with zero attached hydrogens (tertiary/aromatic N) is 2. The van der Waals surface area contributed by atoms with E-state index in [2.05, 4.69) is 17.0 Å². The first-order valence-corrected chi connectivity index (χ1v) is 10.7. The lowest BCUT2D eigenvalue weighted by Gasteiger charge is -2.12. The highest BCUT2D eigenvalue weighted by Crippen LogP contribution is 2.34. The Hall–Kier alpha value is -2.45. The van der Waals surface area contributed by atoms with Crippen LogP contribution >= 0.6 is 11.9 Å². The predicted molar refractivity (Wildman–Crippen MR) is 119 cm³/mol. The maximum Gasteiger partial charge on any atom is 0.213 e. The lowest BCUT2D eigenvalue weighted by atomic mass is 10.0. The largest absolute Gasteiger partial charge is 0.501 e. The van der Waals surface area contributed by atoms with Crippen LogP contribution in [0.1, 0.15) is 37.6 Å². The molecule has 0 bridgehead atoms. The van der Waals surface area contributed by atoms with Gasteiger partial charge >= 0.3 is 0 Å². The van der Waals surface area contributed by atoms with Crippen molar-refractivity contribution in [3.05, 3.63) is 41.6 Å². The van der Waals surface area contributed by atoms with Gasteiger partial charge in [-0.15, -0.1) is 0 Å². The normalized spacial score (nSPS) is 17.6. The summed E-state index contributed by atoms with van der Waals surface area (Å²) in [7, 11) is 3.32. The second-order valence-corrected chi connectivity index (χ2v) is 8.03. The number of rotatable bonds is 9. The molecule has 1 aromatic heterocycles. The van der Waals surface area contributed by atoms with E-state index in [-0.39, 0.29) is 5.92 Å². The molecule has 0 saturated carbocycles. The van der Waals surface area contributed by atoms with E-state index >= 15 is 0 Å². The summed E-state index contributed by atoms with van der Waals surface area (Å²) in [4.78, 5) is 17.5. The number of allylic oxidation sites excluding steroid dienone is 3. The van der Waals surface area contributed by atoms with Crippen molar-refractivity contribution in [1.29, 1.82) is 0 Å². The molecule has 1 aliphatic rings. The summed E-state index contributed by atoms with van der Waals surface area (Å²) in [5.41, 5.74) is 4.11. The van der Waals surface area contributed by atoms with Gasteiger partial charge in [-0.3, -0.25) is 4.79 Å². The highest BCUT2D eigenvalue weighted by Gasteiger charge is 2.24. The second-order valence-electron chi connectivity index (χ2n) is 6.96. The Labute approximate surface area is 175 Å². The van der Waals surface area contributed by atoms with Gasteiger partial charge < -0.3 is 24.1 Å². The molecule has 1 atom stereocenters. The van der Waals surface area contributed by atoms with Crippen LogP contribution < -0.4 is 10.0 Å². The summed E-state index contributed by atoms with van der Waals surface area (Å²) in [5.74, 6) is 2.69. The average molecular weight is 417 g/mol. The average Bonchev–Trinajstić information content (AvgIpc) is 3.40. The van der Waals surface area contributed by atoms with Crippen LogP contribution in [-0.4, -0.2) is 49.3 Å². The Kier molecular flexibility index (Phi) is 7.22. The number of aromatic nitrogens is 1. The molecule has 1 amide bonds. The van der Waals surface area contributed by atoms with Crippen molar-refractivity contribution in [2.24, 2.45) is 0 Å². The maximum atomic E-state index is 11.2. The molecule has 1 aliphatic heterocycles. The van der Waals surface area contributed by atoms with Gasteiger partial charge in [-0.1, -0.05) is 18.9 Å². The van der Waals surface area contributed by atoms with Crippen LogP contribution in [0.3, 0.4) is 0 Å². The number of hydrogen-bond acceptors (Lipinski definition) is 7. The number of amides is 1. The van der Waals surface area contributed by atoms with E-state index in [0.717, 1.165) is 65.7 Å². The van der Waals surface area contributed by atoms with Crippen LogP contribution in [0.4, 0.5) is 5.69 Å². The van der Waals surface area contributed by atoms with Gasteiger partial charge in [-0.2, -0.15) is 0 Å². The molecule has 1 fully saturated rings. The number of benzene rings is 1. The summed E-state index contributed by atoms with van der Waals surface area (Å²) in [6.45, 7) is 5.81. The smallest absolute Gasteiger partial charge is 0.213 e. The van der Waals surface area contributed by atoms with Crippen LogP contribution in [0.15, 0.2) is 34.6 Å². The number of ether oxygens (including phenoxy) is 1. The molecule has 8 heteroatoms. The number of hydrogen-bond donors (Lipinski definition) is 2. The maximum absolute atomic E-state index is 11.2.